The number of halogens is 3. The minimum atomic E-state index is -4.56. The van der Waals surface area contributed by atoms with Crippen molar-refractivity contribution in [1.82, 2.24) is 34.3 Å². The predicted octanol–water partition coefficient (Wildman–Crippen LogP) is 3.53. The van der Waals surface area contributed by atoms with Crippen LogP contribution >= 0.6 is 0 Å². The summed E-state index contributed by atoms with van der Waals surface area (Å²) in [6.07, 6.45) is 2.43. The number of carbonyl (C=O) groups is 1. The number of anilines is 1. The number of alkyl halides is 3. The summed E-state index contributed by atoms with van der Waals surface area (Å²) >= 11 is 0. The van der Waals surface area contributed by atoms with Gasteiger partial charge in [-0.3, -0.25) is 9.78 Å². The van der Waals surface area contributed by atoms with Gasteiger partial charge in [-0.15, -0.1) is 10.2 Å². The van der Waals surface area contributed by atoms with Gasteiger partial charge in [-0.25, -0.2) is 9.97 Å². The first-order chi connectivity index (χ1) is 15.4. The van der Waals surface area contributed by atoms with E-state index in [0.29, 0.717) is 23.2 Å². The maximum Gasteiger partial charge on any atom is 0.434 e. The van der Waals surface area contributed by atoms with Gasteiger partial charge in [0.25, 0.3) is 5.91 Å². The van der Waals surface area contributed by atoms with Crippen molar-refractivity contribution in [2.75, 3.05) is 5.32 Å². The SMILES string of the molecule is O=C(Nc1cccc(-c2nncn2C2CC2)n1)c1cc(-n2cnc(C(F)(F)F)c2)ccn1. The summed E-state index contributed by atoms with van der Waals surface area (Å²) < 4.78 is 41.5. The molecule has 1 aliphatic carbocycles. The van der Waals surface area contributed by atoms with Crippen LogP contribution in [0, 0.1) is 0 Å². The molecule has 0 atom stereocenters. The van der Waals surface area contributed by atoms with Crippen LogP contribution in [-0.4, -0.2) is 40.2 Å². The number of rotatable bonds is 5. The summed E-state index contributed by atoms with van der Waals surface area (Å²) in [5.41, 5.74) is -0.141. The van der Waals surface area contributed by atoms with Gasteiger partial charge in [0.2, 0.25) is 0 Å². The first-order valence-electron chi connectivity index (χ1n) is 9.64. The number of hydrogen-bond donors (Lipinski definition) is 1. The Hall–Kier alpha value is -4.09. The Bertz CT molecular complexity index is 1290. The quantitative estimate of drug-likeness (QED) is 0.509. The minimum absolute atomic E-state index is 0.0121. The van der Waals surface area contributed by atoms with E-state index in [1.807, 2.05) is 4.57 Å². The highest BCUT2D eigenvalue weighted by molar-refractivity contribution is 6.02. The number of aromatic nitrogens is 7. The van der Waals surface area contributed by atoms with Gasteiger partial charge in [-0.1, -0.05) is 6.07 Å². The predicted molar refractivity (Wildman–Crippen MR) is 106 cm³/mol. The molecule has 0 unspecified atom stereocenters. The zero-order chi connectivity index (χ0) is 22.3. The second-order valence-electron chi connectivity index (χ2n) is 7.22. The van der Waals surface area contributed by atoms with E-state index in [4.69, 9.17) is 0 Å². The van der Waals surface area contributed by atoms with Gasteiger partial charge < -0.3 is 14.5 Å². The van der Waals surface area contributed by atoms with E-state index in [1.165, 1.54) is 22.9 Å². The van der Waals surface area contributed by atoms with E-state index in [2.05, 4.69) is 30.5 Å². The lowest BCUT2D eigenvalue weighted by molar-refractivity contribution is -0.140. The molecular formula is C20H15F3N8O. The summed E-state index contributed by atoms with van der Waals surface area (Å²) in [5, 5.41) is 10.7. The largest absolute Gasteiger partial charge is 0.434 e. The molecule has 4 aromatic heterocycles. The van der Waals surface area contributed by atoms with Gasteiger partial charge in [-0.05, 0) is 37.1 Å². The van der Waals surface area contributed by atoms with Gasteiger partial charge in [0, 0.05) is 18.4 Å². The molecule has 5 rings (SSSR count). The van der Waals surface area contributed by atoms with E-state index in [-0.39, 0.29) is 11.5 Å². The summed E-state index contributed by atoms with van der Waals surface area (Å²) in [4.78, 5) is 24.5. The number of nitrogens with one attached hydrogen (secondary N) is 1. The first kappa shape index (κ1) is 19.8. The highest BCUT2D eigenvalue weighted by atomic mass is 19.4. The minimum Gasteiger partial charge on any atom is -0.309 e. The summed E-state index contributed by atoms with van der Waals surface area (Å²) in [7, 11) is 0. The topological polar surface area (TPSA) is 103 Å². The molecule has 12 heteroatoms. The average Bonchev–Trinajstić information content (AvgIpc) is 3.28. The van der Waals surface area contributed by atoms with Crippen LogP contribution in [0.15, 0.2) is 55.4 Å². The van der Waals surface area contributed by atoms with Crippen molar-refractivity contribution >= 4 is 11.7 Å². The van der Waals surface area contributed by atoms with E-state index in [0.717, 1.165) is 25.4 Å². The van der Waals surface area contributed by atoms with Gasteiger partial charge in [0.15, 0.2) is 11.5 Å². The molecule has 4 aromatic rings. The molecule has 162 valence electrons. The molecule has 9 nitrogen and oxygen atoms in total. The molecule has 32 heavy (non-hydrogen) atoms. The number of hydrogen-bond acceptors (Lipinski definition) is 6. The molecule has 1 aliphatic rings. The van der Waals surface area contributed by atoms with Crippen LogP contribution in [0.1, 0.15) is 35.1 Å². The molecule has 0 radical (unpaired) electrons. The molecule has 1 N–H and O–H groups in total. The van der Waals surface area contributed by atoms with Crippen molar-refractivity contribution in [2.45, 2.75) is 25.1 Å². The van der Waals surface area contributed by atoms with Crippen LogP contribution in [-0.2, 0) is 6.18 Å². The second kappa shape index (κ2) is 7.55. The zero-order valence-corrected chi connectivity index (χ0v) is 16.4. The monoisotopic (exact) mass is 440 g/mol. The van der Waals surface area contributed by atoms with Crippen LogP contribution in [0.3, 0.4) is 0 Å². The highest BCUT2D eigenvalue weighted by Crippen LogP contribution is 2.37. The molecule has 1 amide bonds. The van der Waals surface area contributed by atoms with E-state index in [9.17, 15) is 18.0 Å². The third kappa shape index (κ3) is 3.94. The molecule has 0 aliphatic heterocycles. The molecule has 0 bridgehead atoms. The van der Waals surface area contributed by atoms with Crippen molar-refractivity contribution in [1.29, 1.82) is 0 Å². The highest BCUT2D eigenvalue weighted by Gasteiger charge is 2.33. The van der Waals surface area contributed by atoms with Gasteiger partial charge in [0.1, 0.15) is 23.5 Å². The maximum absolute atomic E-state index is 12.8. The molecule has 1 fully saturated rings. The number of carbonyl (C=O) groups excluding carboxylic acids is 1. The van der Waals surface area contributed by atoms with Crippen LogP contribution in [0.25, 0.3) is 17.2 Å². The molecule has 0 aromatic carbocycles. The molecule has 0 spiro atoms. The number of nitrogens with zero attached hydrogens (tertiary/aromatic N) is 7. The Morgan fingerprint density at radius 3 is 2.72 bits per heavy atom. The number of pyridine rings is 2. The first-order valence-corrected chi connectivity index (χ1v) is 9.64. The fourth-order valence-corrected chi connectivity index (χ4v) is 3.17. The fourth-order valence-electron chi connectivity index (χ4n) is 3.17. The Morgan fingerprint density at radius 1 is 1.12 bits per heavy atom. The normalized spacial score (nSPS) is 13.8. The van der Waals surface area contributed by atoms with Crippen molar-refractivity contribution < 1.29 is 18.0 Å². The summed E-state index contributed by atoms with van der Waals surface area (Å²) in [6.45, 7) is 0. The lowest BCUT2D eigenvalue weighted by Gasteiger charge is -2.08. The van der Waals surface area contributed by atoms with Crippen molar-refractivity contribution in [3.8, 4) is 17.2 Å². The second-order valence-corrected chi connectivity index (χ2v) is 7.22. The Labute approximate surface area is 179 Å². The molecule has 4 heterocycles. The lowest BCUT2D eigenvalue weighted by atomic mass is 10.3. The standard InChI is InChI=1S/C20H15F3N8O/c21-20(22,23)16-9-30(10-25-16)13-6-7-24-15(8-13)19(32)28-17-3-1-2-14(27-17)18-29-26-11-31(18)12-4-5-12/h1-3,6-12H,4-5H2,(H,27,28,32). The zero-order valence-electron chi connectivity index (χ0n) is 16.4. The number of imidazole rings is 1. The van der Waals surface area contributed by atoms with Crippen molar-refractivity contribution in [3.05, 3.63) is 66.8 Å². The smallest absolute Gasteiger partial charge is 0.309 e. The van der Waals surface area contributed by atoms with E-state index in [1.54, 1.807) is 24.5 Å². The third-order valence-corrected chi connectivity index (χ3v) is 4.88. The van der Waals surface area contributed by atoms with Crippen LogP contribution in [0.2, 0.25) is 0 Å². The fraction of sp³-hybridized carbons (Fsp3) is 0.200. The van der Waals surface area contributed by atoms with Crippen LogP contribution < -0.4 is 5.32 Å². The molecule has 0 saturated heterocycles. The Balaban J connectivity index is 1.36. The third-order valence-electron chi connectivity index (χ3n) is 4.88. The van der Waals surface area contributed by atoms with Crippen LogP contribution in [0.4, 0.5) is 19.0 Å². The van der Waals surface area contributed by atoms with Gasteiger partial charge in [0.05, 0.1) is 12.0 Å². The average molecular weight is 440 g/mol. The van der Waals surface area contributed by atoms with Crippen LogP contribution in [0.5, 0.6) is 0 Å². The van der Waals surface area contributed by atoms with E-state index >= 15 is 0 Å². The van der Waals surface area contributed by atoms with Crippen molar-refractivity contribution in [3.63, 3.8) is 0 Å². The summed E-state index contributed by atoms with van der Waals surface area (Å²) in [6, 6.07) is 8.33. The van der Waals surface area contributed by atoms with Crippen molar-refractivity contribution in [2.24, 2.45) is 0 Å². The molecular weight excluding hydrogens is 425 g/mol. The van der Waals surface area contributed by atoms with Gasteiger partial charge in [-0.2, -0.15) is 13.2 Å². The number of amides is 1. The maximum atomic E-state index is 12.8. The lowest BCUT2D eigenvalue weighted by Crippen LogP contribution is -2.15. The summed E-state index contributed by atoms with van der Waals surface area (Å²) in [5.74, 6) is 0.340. The van der Waals surface area contributed by atoms with Gasteiger partial charge >= 0.3 is 6.18 Å². The Morgan fingerprint density at radius 2 is 1.97 bits per heavy atom. The van der Waals surface area contributed by atoms with E-state index < -0.39 is 17.8 Å². The molecule has 1 saturated carbocycles. The Kier molecular flexibility index (Phi) is 4.68.